The summed E-state index contributed by atoms with van der Waals surface area (Å²) >= 11 is 0. The molecule has 1 aliphatic rings. The van der Waals surface area contributed by atoms with E-state index in [-0.39, 0.29) is 17.3 Å². The highest BCUT2D eigenvalue weighted by Gasteiger charge is 2.37. The van der Waals surface area contributed by atoms with Crippen molar-refractivity contribution in [2.75, 3.05) is 6.54 Å². The van der Waals surface area contributed by atoms with Crippen LogP contribution in [0.5, 0.6) is 0 Å². The van der Waals surface area contributed by atoms with Gasteiger partial charge in [-0.15, -0.1) is 0 Å². The third-order valence-electron chi connectivity index (χ3n) is 5.10. The molecule has 154 valence electrons. The summed E-state index contributed by atoms with van der Waals surface area (Å²) in [6.07, 6.45) is -1.94. The van der Waals surface area contributed by atoms with E-state index in [1.807, 2.05) is 0 Å². The van der Waals surface area contributed by atoms with Crippen molar-refractivity contribution >= 4 is 11.6 Å². The maximum Gasteiger partial charge on any atom is 0.433 e. The van der Waals surface area contributed by atoms with Gasteiger partial charge in [0, 0.05) is 24.4 Å². The molecule has 7 nitrogen and oxygen atoms in total. The van der Waals surface area contributed by atoms with Crippen molar-refractivity contribution in [1.82, 2.24) is 24.7 Å². The van der Waals surface area contributed by atoms with Crippen molar-refractivity contribution in [1.29, 1.82) is 0 Å². The van der Waals surface area contributed by atoms with Crippen LogP contribution in [0, 0.1) is 6.92 Å². The van der Waals surface area contributed by atoms with E-state index in [1.165, 1.54) is 6.07 Å². The van der Waals surface area contributed by atoms with Gasteiger partial charge in [-0.3, -0.25) is 4.79 Å². The van der Waals surface area contributed by atoms with Gasteiger partial charge in [0.15, 0.2) is 5.65 Å². The SMILES string of the molecule is CCc1cc(C(F)(F)F)n2nc([C@@H]3CCCCN3C(=O)c3cc(C)no3)cc2n1. The molecule has 3 aromatic rings. The fraction of sp³-hybridized carbons (Fsp3) is 0.474. The number of aromatic nitrogens is 4. The summed E-state index contributed by atoms with van der Waals surface area (Å²) in [7, 11) is 0. The van der Waals surface area contributed by atoms with Crippen LogP contribution in [0.1, 0.15) is 65.6 Å². The van der Waals surface area contributed by atoms with Gasteiger partial charge in [-0.25, -0.2) is 9.50 Å². The number of piperidine rings is 1. The first-order chi connectivity index (χ1) is 13.8. The van der Waals surface area contributed by atoms with E-state index in [0.29, 0.717) is 36.5 Å². The van der Waals surface area contributed by atoms with E-state index in [4.69, 9.17) is 4.52 Å². The van der Waals surface area contributed by atoms with Gasteiger partial charge in [-0.1, -0.05) is 12.1 Å². The van der Waals surface area contributed by atoms with Gasteiger partial charge < -0.3 is 9.42 Å². The Morgan fingerprint density at radius 2 is 2.07 bits per heavy atom. The molecule has 0 aliphatic carbocycles. The highest BCUT2D eigenvalue weighted by molar-refractivity contribution is 5.91. The number of aryl methyl sites for hydroxylation is 2. The smallest absolute Gasteiger partial charge is 0.351 e. The Morgan fingerprint density at radius 1 is 1.28 bits per heavy atom. The molecule has 0 N–H and O–H groups in total. The monoisotopic (exact) mass is 407 g/mol. The molecular formula is C19H20F3N5O2. The van der Waals surface area contributed by atoms with Gasteiger partial charge in [0.25, 0.3) is 5.91 Å². The van der Waals surface area contributed by atoms with Crippen LogP contribution >= 0.6 is 0 Å². The van der Waals surface area contributed by atoms with Crippen LogP contribution in [0.2, 0.25) is 0 Å². The van der Waals surface area contributed by atoms with Crippen LogP contribution < -0.4 is 0 Å². The summed E-state index contributed by atoms with van der Waals surface area (Å²) in [4.78, 5) is 18.8. The number of alkyl halides is 3. The lowest BCUT2D eigenvalue weighted by Gasteiger charge is -2.33. The molecule has 1 aliphatic heterocycles. The largest absolute Gasteiger partial charge is 0.433 e. The second kappa shape index (κ2) is 7.16. The number of nitrogens with zero attached hydrogens (tertiary/aromatic N) is 5. The second-order valence-electron chi connectivity index (χ2n) is 7.17. The quantitative estimate of drug-likeness (QED) is 0.657. The summed E-state index contributed by atoms with van der Waals surface area (Å²) < 4.78 is 46.5. The number of likely N-dealkylation sites (tertiary alicyclic amines) is 1. The molecular weight excluding hydrogens is 387 g/mol. The van der Waals surface area contributed by atoms with E-state index < -0.39 is 17.9 Å². The lowest BCUT2D eigenvalue weighted by molar-refractivity contribution is -0.142. The molecule has 4 rings (SSSR count). The summed E-state index contributed by atoms with van der Waals surface area (Å²) in [5.74, 6) is -0.230. The minimum Gasteiger partial charge on any atom is -0.351 e. The average molecular weight is 407 g/mol. The number of carbonyl (C=O) groups excluding carboxylic acids is 1. The maximum atomic E-state index is 13.5. The number of carbonyl (C=O) groups is 1. The van der Waals surface area contributed by atoms with Crippen LogP contribution in [0.25, 0.3) is 5.65 Å². The Balaban J connectivity index is 1.76. The molecule has 0 aromatic carbocycles. The van der Waals surface area contributed by atoms with Crippen molar-refractivity contribution in [2.45, 2.75) is 51.7 Å². The van der Waals surface area contributed by atoms with E-state index in [0.717, 1.165) is 23.4 Å². The highest BCUT2D eigenvalue weighted by Crippen LogP contribution is 2.34. The molecule has 10 heteroatoms. The van der Waals surface area contributed by atoms with Crippen LogP contribution in [0.4, 0.5) is 13.2 Å². The van der Waals surface area contributed by atoms with Gasteiger partial charge in [0.2, 0.25) is 5.76 Å². The summed E-state index contributed by atoms with van der Waals surface area (Å²) in [5.41, 5.74) is 0.566. The predicted molar refractivity (Wildman–Crippen MR) is 96.2 cm³/mol. The molecule has 1 amide bonds. The molecule has 0 saturated carbocycles. The Morgan fingerprint density at radius 3 is 2.72 bits per heavy atom. The fourth-order valence-electron chi connectivity index (χ4n) is 3.68. The second-order valence-corrected chi connectivity index (χ2v) is 7.17. The normalized spacial score (nSPS) is 17.8. The molecule has 0 bridgehead atoms. The number of amides is 1. The highest BCUT2D eigenvalue weighted by atomic mass is 19.4. The maximum absolute atomic E-state index is 13.5. The molecule has 1 fully saturated rings. The third kappa shape index (κ3) is 3.58. The van der Waals surface area contributed by atoms with Gasteiger partial charge in [0.1, 0.15) is 5.69 Å². The van der Waals surface area contributed by atoms with Crippen molar-refractivity contribution in [3.8, 4) is 0 Å². The van der Waals surface area contributed by atoms with Crippen LogP contribution in [0.15, 0.2) is 22.7 Å². The number of rotatable bonds is 3. The minimum atomic E-state index is -4.56. The van der Waals surface area contributed by atoms with Crippen molar-refractivity contribution in [2.24, 2.45) is 0 Å². The molecule has 4 heterocycles. The first-order valence-corrected chi connectivity index (χ1v) is 9.49. The van der Waals surface area contributed by atoms with Gasteiger partial charge >= 0.3 is 6.18 Å². The van der Waals surface area contributed by atoms with Crippen LogP contribution in [0.3, 0.4) is 0 Å². The first-order valence-electron chi connectivity index (χ1n) is 9.49. The summed E-state index contributed by atoms with van der Waals surface area (Å²) in [5, 5.41) is 7.95. The number of hydrogen-bond acceptors (Lipinski definition) is 5. The zero-order chi connectivity index (χ0) is 20.8. The summed E-state index contributed by atoms with van der Waals surface area (Å²) in [6, 6.07) is 3.66. The topological polar surface area (TPSA) is 76.5 Å². The van der Waals surface area contributed by atoms with Crippen molar-refractivity contribution in [3.63, 3.8) is 0 Å². The minimum absolute atomic E-state index is 0.112. The Bertz CT molecular complexity index is 1060. The summed E-state index contributed by atoms with van der Waals surface area (Å²) in [6.45, 7) is 3.93. The number of hydrogen-bond donors (Lipinski definition) is 0. The Kier molecular flexibility index (Phi) is 4.79. The van der Waals surface area contributed by atoms with Gasteiger partial charge in [-0.2, -0.15) is 18.3 Å². The zero-order valence-electron chi connectivity index (χ0n) is 16.0. The zero-order valence-corrected chi connectivity index (χ0v) is 16.0. The predicted octanol–water partition coefficient (Wildman–Crippen LogP) is 3.97. The fourth-order valence-corrected chi connectivity index (χ4v) is 3.68. The number of halogens is 3. The molecule has 1 atom stereocenters. The lowest BCUT2D eigenvalue weighted by Crippen LogP contribution is -2.38. The van der Waals surface area contributed by atoms with Crippen LogP contribution in [-0.4, -0.2) is 37.1 Å². The standard InChI is InChI=1S/C19H20F3N5O2/c1-3-12-9-16(19(20,21)22)27-17(23-12)10-13(24-27)14-6-4-5-7-26(14)18(28)15-8-11(2)25-29-15/h8-10,14H,3-7H2,1-2H3/t14-/m0/s1. The molecule has 0 spiro atoms. The molecule has 0 radical (unpaired) electrons. The van der Waals surface area contributed by atoms with E-state index in [2.05, 4.69) is 15.2 Å². The Hall–Kier alpha value is -2.91. The third-order valence-corrected chi connectivity index (χ3v) is 5.10. The van der Waals surface area contributed by atoms with Crippen molar-refractivity contribution in [3.05, 3.63) is 46.7 Å². The van der Waals surface area contributed by atoms with Gasteiger partial charge in [0.05, 0.1) is 17.4 Å². The van der Waals surface area contributed by atoms with Crippen molar-refractivity contribution < 1.29 is 22.5 Å². The molecule has 1 saturated heterocycles. The molecule has 29 heavy (non-hydrogen) atoms. The van der Waals surface area contributed by atoms with E-state index in [1.54, 1.807) is 24.8 Å². The lowest BCUT2D eigenvalue weighted by atomic mass is 9.99. The van der Waals surface area contributed by atoms with Crippen LogP contribution in [-0.2, 0) is 12.6 Å². The first kappa shape index (κ1) is 19.4. The van der Waals surface area contributed by atoms with E-state index >= 15 is 0 Å². The molecule has 3 aromatic heterocycles. The molecule has 0 unspecified atom stereocenters. The Labute approximate surface area is 164 Å². The average Bonchev–Trinajstić information content (AvgIpc) is 3.31. The van der Waals surface area contributed by atoms with E-state index in [9.17, 15) is 18.0 Å². The number of fused-ring (bicyclic) bond motifs is 1. The van der Waals surface area contributed by atoms with Gasteiger partial charge in [-0.05, 0) is 38.7 Å².